The highest BCUT2D eigenvalue weighted by Crippen LogP contribution is 2.37. The second-order valence-corrected chi connectivity index (χ2v) is 6.58. The molecule has 3 aromatic heterocycles. The molecule has 4 aromatic rings. The molecule has 0 aliphatic rings. The van der Waals surface area contributed by atoms with Crippen molar-refractivity contribution in [2.24, 2.45) is 0 Å². The van der Waals surface area contributed by atoms with Crippen LogP contribution in [-0.4, -0.2) is 19.6 Å². The van der Waals surface area contributed by atoms with Crippen LogP contribution >= 0.6 is 0 Å². The Morgan fingerprint density at radius 1 is 0.833 bits per heavy atom. The minimum atomic E-state index is -4.75. The second kappa shape index (κ2) is 6.82. The Morgan fingerprint density at radius 2 is 1.53 bits per heavy atom. The van der Waals surface area contributed by atoms with Crippen molar-refractivity contribution in [3.63, 3.8) is 0 Å². The van der Waals surface area contributed by atoms with Crippen LogP contribution in [0.2, 0.25) is 0 Å². The Hall–Kier alpha value is -3.43. The molecule has 0 atom stereocenters. The van der Waals surface area contributed by atoms with Gasteiger partial charge in [-0.05, 0) is 48.4 Å². The molecule has 0 saturated carbocycles. The summed E-state index contributed by atoms with van der Waals surface area (Å²) in [6.07, 6.45) is -5.09. The molecule has 0 spiro atoms. The van der Waals surface area contributed by atoms with Crippen LogP contribution in [0, 0.1) is 6.92 Å². The minimum absolute atomic E-state index is 0.0661. The fourth-order valence-corrected chi connectivity index (χ4v) is 3.19. The SMILES string of the molecule is Cc1cc(-c2cc(C(F)(F)F)n3ncc(-c4ccncc4)c3n2)ccc1C(F)(F)F. The molecule has 0 aliphatic carbocycles. The lowest BCUT2D eigenvalue weighted by atomic mass is 10.0. The largest absolute Gasteiger partial charge is 0.433 e. The van der Waals surface area contributed by atoms with Crippen LogP contribution in [-0.2, 0) is 12.4 Å². The molecule has 4 nitrogen and oxygen atoms in total. The third-order valence-corrected chi connectivity index (χ3v) is 4.58. The number of pyridine rings is 1. The van der Waals surface area contributed by atoms with E-state index in [1.54, 1.807) is 12.1 Å². The van der Waals surface area contributed by atoms with E-state index in [2.05, 4.69) is 15.1 Å². The van der Waals surface area contributed by atoms with E-state index < -0.39 is 23.6 Å². The molecule has 0 saturated heterocycles. The molecule has 10 heteroatoms. The number of rotatable bonds is 2. The topological polar surface area (TPSA) is 43.1 Å². The summed E-state index contributed by atoms with van der Waals surface area (Å²) in [6.45, 7) is 1.25. The van der Waals surface area contributed by atoms with Gasteiger partial charge >= 0.3 is 12.4 Å². The maximum absolute atomic E-state index is 13.7. The normalized spacial score (nSPS) is 12.5. The lowest BCUT2D eigenvalue weighted by Gasteiger charge is -2.14. The second-order valence-electron chi connectivity index (χ2n) is 6.58. The number of benzene rings is 1. The first-order valence-corrected chi connectivity index (χ1v) is 8.60. The van der Waals surface area contributed by atoms with Gasteiger partial charge in [-0.25, -0.2) is 9.50 Å². The first-order valence-electron chi connectivity index (χ1n) is 8.60. The van der Waals surface area contributed by atoms with E-state index in [-0.39, 0.29) is 22.5 Å². The van der Waals surface area contributed by atoms with Crippen molar-refractivity contribution in [1.82, 2.24) is 19.6 Å². The molecule has 0 radical (unpaired) electrons. The van der Waals surface area contributed by atoms with E-state index in [9.17, 15) is 26.3 Å². The molecule has 3 heterocycles. The zero-order chi connectivity index (χ0) is 21.7. The third kappa shape index (κ3) is 3.49. The summed E-state index contributed by atoms with van der Waals surface area (Å²) in [5, 5.41) is 3.83. The van der Waals surface area contributed by atoms with Crippen molar-refractivity contribution in [2.45, 2.75) is 19.3 Å². The molecule has 0 N–H and O–H groups in total. The van der Waals surface area contributed by atoms with Crippen LogP contribution in [0.1, 0.15) is 16.8 Å². The molecular formula is C20H12F6N4. The van der Waals surface area contributed by atoms with Crippen molar-refractivity contribution in [1.29, 1.82) is 0 Å². The molecule has 0 fully saturated rings. The molecule has 0 unspecified atom stereocenters. The van der Waals surface area contributed by atoms with Crippen LogP contribution < -0.4 is 0 Å². The number of hydrogen-bond donors (Lipinski definition) is 0. The lowest BCUT2D eigenvalue weighted by molar-refractivity contribution is -0.142. The number of halogens is 6. The Labute approximate surface area is 165 Å². The summed E-state index contributed by atoms with van der Waals surface area (Å²) in [4.78, 5) is 8.16. The van der Waals surface area contributed by atoms with Crippen LogP contribution in [0.5, 0.6) is 0 Å². The van der Waals surface area contributed by atoms with Gasteiger partial charge in [-0.1, -0.05) is 6.07 Å². The number of nitrogens with zero attached hydrogens (tertiary/aromatic N) is 4. The van der Waals surface area contributed by atoms with Crippen LogP contribution in [0.4, 0.5) is 26.3 Å². The quantitative estimate of drug-likeness (QED) is 0.383. The summed E-state index contributed by atoms with van der Waals surface area (Å²) in [5.74, 6) is 0. The van der Waals surface area contributed by atoms with Gasteiger partial charge in [0.1, 0.15) is 0 Å². The summed E-state index contributed by atoms with van der Waals surface area (Å²) < 4.78 is 80.8. The number of alkyl halides is 6. The highest BCUT2D eigenvalue weighted by atomic mass is 19.4. The number of fused-ring (bicyclic) bond motifs is 1. The van der Waals surface area contributed by atoms with E-state index >= 15 is 0 Å². The maximum Gasteiger partial charge on any atom is 0.433 e. The summed E-state index contributed by atoms with van der Waals surface area (Å²) in [5.41, 5.74) is -1.19. The first kappa shape index (κ1) is 19.9. The molecule has 30 heavy (non-hydrogen) atoms. The number of aromatic nitrogens is 4. The van der Waals surface area contributed by atoms with E-state index in [1.165, 1.54) is 31.6 Å². The Morgan fingerprint density at radius 3 is 2.13 bits per heavy atom. The van der Waals surface area contributed by atoms with Gasteiger partial charge in [-0.3, -0.25) is 4.98 Å². The zero-order valence-corrected chi connectivity index (χ0v) is 15.3. The Balaban J connectivity index is 1.96. The molecule has 4 rings (SSSR count). The van der Waals surface area contributed by atoms with Crippen molar-refractivity contribution in [3.05, 3.63) is 71.8 Å². The van der Waals surface area contributed by atoms with Crippen LogP contribution in [0.3, 0.4) is 0 Å². The van der Waals surface area contributed by atoms with Gasteiger partial charge in [-0.2, -0.15) is 31.4 Å². The molecule has 0 amide bonds. The first-order chi connectivity index (χ1) is 14.1. The van der Waals surface area contributed by atoms with E-state index in [0.29, 0.717) is 15.6 Å². The van der Waals surface area contributed by atoms with E-state index in [0.717, 1.165) is 18.2 Å². The molecule has 0 bridgehead atoms. The van der Waals surface area contributed by atoms with E-state index in [4.69, 9.17) is 0 Å². The van der Waals surface area contributed by atoms with Crippen molar-refractivity contribution < 1.29 is 26.3 Å². The molecule has 154 valence electrons. The zero-order valence-electron chi connectivity index (χ0n) is 15.3. The predicted octanol–water partition coefficient (Wildman–Crippen LogP) is 5.80. The highest BCUT2D eigenvalue weighted by Gasteiger charge is 2.36. The van der Waals surface area contributed by atoms with E-state index in [1.807, 2.05) is 0 Å². The van der Waals surface area contributed by atoms with Gasteiger partial charge in [0.2, 0.25) is 0 Å². The minimum Gasteiger partial charge on any atom is -0.265 e. The predicted molar refractivity (Wildman–Crippen MR) is 96.4 cm³/mol. The van der Waals surface area contributed by atoms with Gasteiger partial charge in [0.25, 0.3) is 0 Å². The highest BCUT2D eigenvalue weighted by molar-refractivity contribution is 5.78. The lowest BCUT2D eigenvalue weighted by Crippen LogP contribution is -2.14. The molecule has 0 aliphatic heterocycles. The van der Waals surface area contributed by atoms with Gasteiger partial charge in [0.15, 0.2) is 11.3 Å². The summed E-state index contributed by atoms with van der Waals surface area (Å²) in [6, 6.07) is 7.09. The third-order valence-electron chi connectivity index (χ3n) is 4.58. The van der Waals surface area contributed by atoms with Crippen LogP contribution in [0.25, 0.3) is 28.0 Å². The van der Waals surface area contributed by atoms with Crippen LogP contribution in [0.15, 0.2) is 55.0 Å². The smallest absolute Gasteiger partial charge is 0.265 e. The monoisotopic (exact) mass is 422 g/mol. The maximum atomic E-state index is 13.7. The average Bonchev–Trinajstić information content (AvgIpc) is 3.10. The molecule has 1 aromatic carbocycles. The number of hydrogen-bond acceptors (Lipinski definition) is 3. The Kier molecular flexibility index (Phi) is 4.52. The summed E-state index contributed by atoms with van der Waals surface area (Å²) in [7, 11) is 0. The van der Waals surface area contributed by atoms with Crippen molar-refractivity contribution >= 4 is 5.65 Å². The van der Waals surface area contributed by atoms with Gasteiger partial charge in [-0.15, -0.1) is 0 Å². The Bertz CT molecular complexity index is 1230. The van der Waals surface area contributed by atoms with Gasteiger partial charge in [0.05, 0.1) is 17.5 Å². The van der Waals surface area contributed by atoms with Gasteiger partial charge in [0, 0.05) is 23.5 Å². The molecular weight excluding hydrogens is 410 g/mol. The summed E-state index contributed by atoms with van der Waals surface area (Å²) >= 11 is 0. The standard InChI is InChI=1S/C20H12F6N4/c1-11-8-13(2-3-15(11)19(21,22)23)16-9-17(20(24,25)26)30-18(29-16)14(10-28-30)12-4-6-27-7-5-12/h2-10H,1H3. The fraction of sp³-hybridized carbons (Fsp3) is 0.150. The average molecular weight is 422 g/mol. The number of aryl methyl sites for hydroxylation is 1. The fourth-order valence-electron chi connectivity index (χ4n) is 3.19. The van der Waals surface area contributed by atoms with Crippen molar-refractivity contribution in [2.75, 3.05) is 0 Å². The van der Waals surface area contributed by atoms with Gasteiger partial charge < -0.3 is 0 Å². The van der Waals surface area contributed by atoms with Crippen molar-refractivity contribution in [3.8, 4) is 22.4 Å².